The largest absolute Gasteiger partial charge is 0.378 e. The summed E-state index contributed by atoms with van der Waals surface area (Å²) in [6, 6.07) is 7.82. The minimum Gasteiger partial charge on any atom is -0.378 e. The molecule has 0 spiro atoms. The lowest BCUT2D eigenvalue weighted by Crippen LogP contribution is -2.43. The van der Waals surface area contributed by atoms with E-state index in [4.69, 9.17) is 0 Å². The second kappa shape index (κ2) is 5.95. The van der Waals surface area contributed by atoms with Crippen molar-refractivity contribution in [3.05, 3.63) is 29.8 Å². The van der Waals surface area contributed by atoms with Gasteiger partial charge >= 0.3 is 0 Å². The number of halogens is 1. The number of hydrogen-bond donors (Lipinski definition) is 0. The molecule has 0 saturated carbocycles. The first-order valence-corrected chi connectivity index (χ1v) is 7.61. The fourth-order valence-corrected chi connectivity index (χ4v) is 2.92. The van der Waals surface area contributed by atoms with E-state index in [1.807, 2.05) is 48.2 Å². The molecule has 2 atom stereocenters. The molecule has 104 valence electrons. The van der Waals surface area contributed by atoms with Crippen LogP contribution in [0.15, 0.2) is 24.3 Å². The molecule has 3 nitrogen and oxygen atoms in total. The van der Waals surface area contributed by atoms with Gasteiger partial charge in [0.2, 0.25) is 0 Å². The molecule has 1 amide bonds. The van der Waals surface area contributed by atoms with Crippen LogP contribution in [0.3, 0.4) is 0 Å². The van der Waals surface area contributed by atoms with Gasteiger partial charge in [-0.05, 0) is 30.5 Å². The van der Waals surface area contributed by atoms with Crippen molar-refractivity contribution in [2.45, 2.75) is 18.2 Å². The molecule has 2 unspecified atom stereocenters. The van der Waals surface area contributed by atoms with Crippen molar-refractivity contribution in [3.63, 3.8) is 0 Å². The summed E-state index contributed by atoms with van der Waals surface area (Å²) in [4.78, 5) is 16.9. The lowest BCUT2D eigenvalue weighted by atomic mass is 9.98. The number of hydrogen-bond acceptors (Lipinski definition) is 2. The number of likely N-dealkylation sites (tertiary alicyclic amines) is 1. The van der Waals surface area contributed by atoms with Gasteiger partial charge < -0.3 is 9.80 Å². The number of rotatable bonds is 2. The highest BCUT2D eigenvalue weighted by Gasteiger charge is 2.27. The van der Waals surface area contributed by atoms with E-state index in [2.05, 4.69) is 22.9 Å². The number of amides is 1. The van der Waals surface area contributed by atoms with Crippen LogP contribution in [0.25, 0.3) is 0 Å². The molecule has 0 aliphatic carbocycles. The van der Waals surface area contributed by atoms with E-state index in [-0.39, 0.29) is 5.91 Å². The summed E-state index contributed by atoms with van der Waals surface area (Å²) in [6.07, 6.45) is 1.06. The van der Waals surface area contributed by atoms with Crippen molar-refractivity contribution < 1.29 is 4.79 Å². The van der Waals surface area contributed by atoms with Gasteiger partial charge in [0.25, 0.3) is 5.91 Å². The summed E-state index contributed by atoms with van der Waals surface area (Å²) >= 11 is 3.67. The molecule has 1 aromatic carbocycles. The molecule has 4 heteroatoms. The highest BCUT2D eigenvalue weighted by atomic mass is 79.9. The van der Waals surface area contributed by atoms with Crippen molar-refractivity contribution in [2.75, 3.05) is 32.1 Å². The van der Waals surface area contributed by atoms with Gasteiger partial charge in [-0.25, -0.2) is 0 Å². The van der Waals surface area contributed by atoms with Crippen LogP contribution in [-0.4, -0.2) is 42.8 Å². The van der Waals surface area contributed by atoms with Crippen molar-refractivity contribution in [1.29, 1.82) is 0 Å². The van der Waals surface area contributed by atoms with E-state index >= 15 is 0 Å². The van der Waals surface area contributed by atoms with Gasteiger partial charge in [-0.2, -0.15) is 0 Å². The lowest BCUT2D eigenvalue weighted by molar-refractivity contribution is 0.0706. The van der Waals surface area contributed by atoms with E-state index in [9.17, 15) is 4.79 Å². The average Bonchev–Trinajstić information content (AvgIpc) is 2.41. The van der Waals surface area contributed by atoms with E-state index in [0.29, 0.717) is 10.7 Å². The van der Waals surface area contributed by atoms with Crippen LogP contribution in [0.1, 0.15) is 23.7 Å². The number of carbonyl (C=O) groups excluding carboxylic acids is 1. The van der Waals surface area contributed by atoms with Gasteiger partial charge in [0, 0.05) is 43.3 Å². The number of alkyl halides is 1. The summed E-state index contributed by atoms with van der Waals surface area (Å²) < 4.78 is 0. The molecule has 0 N–H and O–H groups in total. The van der Waals surface area contributed by atoms with Crippen LogP contribution in [0.4, 0.5) is 5.69 Å². The minimum absolute atomic E-state index is 0.139. The second-order valence-electron chi connectivity index (χ2n) is 5.48. The van der Waals surface area contributed by atoms with Gasteiger partial charge in [-0.3, -0.25) is 4.79 Å². The zero-order valence-corrected chi connectivity index (χ0v) is 13.4. The van der Waals surface area contributed by atoms with Crippen LogP contribution < -0.4 is 4.90 Å². The quantitative estimate of drug-likeness (QED) is 0.781. The summed E-state index contributed by atoms with van der Waals surface area (Å²) in [5.41, 5.74) is 1.84. The van der Waals surface area contributed by atoms with Crippen LogP contribution in [0.5, 0.6) is 0 Å². The highest BCUT2D eigenvalue weighted by molar-refractivity contribution is 9.09. The fourth-order valence-electron chi connectivity index (χ4n) is 2.31. The molecular formula is C15H21BrN2O. The molecule has 0 bridgehead atoms. The Morgan fingerprint density at radius 3 is 2.79 bits per heavy atom. The zero-order valence-electron chi connectivity index (χ0n) is 11.8. The van der Waals surface area contributed by atoms with Crippen molar-refractivity contribution in [1.82, 2.24) is 4.90 Å². The Morgan fingerprint density at radius 2 is 2.16 bits per heavy atom. The van der Waals surface area contributed by atoms with Gasteiger partial charge in [0.1, 0.15) is 0 Å². The Hall–Kier alpha value is -1.03. The number of anilines is 1. The Morgan fingerprint density at radius 1 is 1.42 bits per heavy atom. The molecule has 2 rings (SSSR count). The Balaban J connectivity index is 2.13. The van der Waals surface area contributed by atoms with Gasteiger partial charge in [0.05, 0.1) is 0 Å². The molecule has 0 aromatic heterocycles. The van der Waals surface area contributed by atoms with Crippen LogP contribution >= 0.6 is 15.9 Å². The Kier molecular flexibility index (Phi) is 4.50. The zero-order chi connectivity index (χ0) is 14.0. The first-order valence-electron chi connectivity index (χ1n) is 6.69. The molecule has 1 saturated heterocycles. The van der Waals surface area contributed by atoms with Gasteiger partial charge in [-0.1, -0.05) is 28.9 Å². The smallest absolute Gasteiger partial charge is 0.253 e. The number of benzene rings is 1. The van der Waals surface area contributed by atoms with E-state index in [1.165, 1.54) is 0 Å². The maximum atomic E-state index is 12.5. The Labute approximate surface area is 123 Å². The van der Waals surface area contributed by atoms with Crippen molar-refractivity contribution >= 4 is 27.5 Å². The third kappa shape index (κ3) is 3.30. The molecular weight excluding hydrogens is 304 g/mol. The van der Waals surface area contributed by atoms with Crippen LogP contribution in [0, 0.1) is 5.92 Å². The van der Waals surface area contributed by atoms with E-state index in [1.54, 1.807) is 0 Å². The third-order valence-corrected chi connectivity index (χ3v) is 4.96. The predicted molar refractivity (Wildman–Crippen MR) is 83.2 cm³/mol. The molecule has 1 aromatic rings. The van der Waals surface area contributed by atoms with Gasteiger partial charge in [-0.15, -0.1) is 0 Å². The first kappa shape index (κ1) is 14.4. The highest BCUT2D eigenvalue weighted by Crippen LogP contribution is 2.25. The maximum absolute atomic E-state index is 12.5. The number of piperidine rings is 1. The molecule has 1 aliphatic heterocycles. The van der Waals surface area contributed by atoms with E-state index < -0.39 is 0 Å². The van der Waals surface area contributed by atoms with Crippen molar-refractivity contribution in [2.24, 2.45) is 5.92 Å². The summed E-state index contributed by atoms with van der Waals surface area (Å²) in [5.74, 6) is 0.775. The Bertz CT molecular complexity index is 461. The standard InChI is InChI=1S/C15H21BrN2O/c1-11-7-8-18(10-14(11)16)15(19)12-5-4-6-13(9-12)17(2)3/h4-6,9,11,14H,7-8,10H2,1-3H3. The molecule has 1 aliphatic rings. The first-order chi connectivity index (χ1) is 8.99. The van der Waals surface area contributed by atoms with Crippen molar-refractivity contribution in [3.8, 4) is 0 Å². The summed E-state index contributed by atoms with van der Waals surface area (Å²) in [5, 5.41) is 0. The number of nitrogens with zero attached hydrogens (tertiary/aromatic N) is 2. The SMILES string of the molecule is CC1CCN(C(=O)c2cccc(N(C)C)c2)CC1Br. The third-order valence-electron chi connectivity index (χ3n) is 3.76. The lowest BCUT2D eigenvalue weighted by Gasteiger charge is -2.34. The van der Waals surface area contributed by atoms with Crippen LogP contribution in [0.2, 0.25) is 0 Å². The maximum Gasteiger partial charge on any atom is 0.253 e. The fraction of sp³-hybridized carbons (Fsp3) is 0.533. The monoisotopic (exact) mass is 324 g/mol. The molecule has 0 radical (unpaired) electrons. The normalized spacial score (nSPS) is 23.3. The molecule has 1 heterocycles. The number of carbonyl (C=O) groups is 1. The van der Waals surface area contributed by atoms with E-state index in [0.717, 1.165) is 30.8 Å². The summed E-state index contributed by atoms with van der Waals surface area (Å²) in [6.45, 7) is 3.88. The summed E-state index contributed by atoms with van der Waals surface area (Å²) in [7, 11) is 3.97. The predicted octanol–water partition coefficient (Wildman–Crippen LogP) is 3.00. The minimum atomic E-state index is 0.139. The van der Waals surface area contributed by atoms with Gasteiger partial charge in [0.15, 0.2) is 0 Å². The molecule has 19 heavy (non-hydrogen) atoms. The topological polar surface area (TPSA) is 23.6 Å². The molecule has 1 fully saturated rings. The average molecular weight is 325 g/mol. The second-order valence-corrected chi connectivity index (χ2v) is 6.65. The van der Waals surface area contributed by atoms with Crippen LogP contribution in [-0.2, 0) is 0 Å².